The first-order valence-electron chi connectivity index (χ1n) is 6.66. The van der Waals surface area contributed by atoms with Gasteiger partial charge in [-0.05, 0) is 49.6 Å². The van der Waals surface area contributed by atoms with Gasteiger partial charge in [0.25, 0.3) is 0 Å². The number of nitrogens with one attached hydrogen (secondary N) is 1. The van der Waals surface area contributed by atoms with Gasteiger partial charge in [0.2, 0.25) is 0 Å². The van der Waals surface area contributed by atoms with E-state index < -0.39 is 0 Å². The molecule has 2 aromatic heterocycles. The molecule has 2 aromatic rings. The Hall–Kier alpha value is -1.06. The molecule has 18 heavy (non-hydrogen) atoms. The van der Waals surface area contributed by atoms with Crippen LogP contribution in [0, 0.1) is 0 Å². The van der Waals surface area contributed by atoms with E-state index in [4.69, 9.17) is 4.42 Å². The van der Waals surface area contributed by atoms with E-state index in [1.165, 1.54) is 15.3 Å². The molecule has 2 rings (SSSR count). The Morgan fingerprint density at radius 2 is 2.17 bits per heavy atom. The van der Waals surface area contributed by atoms with Gasteiger partial charge in [-0.1, -0.05) is 13.8 Å². The van der Waals surface area contributed by atoms with E-state index in [9.17, 15) is 0 Å². The Bertz CT molecular complexity index is 447. The van der Waals surface area contributed by atoms with Crippen molar-refractivity contribution in [1.82, 2.24) is 5.32 Å². The summed E-state index contributed by atoms with van der Waals surface area (Å²) in [5.41, 5.74) is 1.26. The predicted octanol–water partition coefficient (Wildman–Crippen LogP) is 4.19. The summed E-state index contributed by atoms with van der Waals surface area (Å²) in [7, 11) is 0. The molecule has 2 nitrogen and oxygen atoms in total. The maximum Gasteiger partial charge on any atom is 0.0935 e. The van der Waals surface area contributed by atoms with Crippen LogP contribution in [0.25, 0.3) is 0 Å². The number of hydrogen-bond donors (Lipinski definition) is 1. The van der Waals surface area contributed by atoms with Gasteiger partial charge >= 0.3 is 0 Å². The second-order valence-electron chi connectivity index (χ2n) is 4.50. The summed E-state index contributed by atoms with van der Waals surface area (Å²) in [6.45, 7) is 5.47. The molecule has 0 saturated heterocycles. The van der Waals surface area contributed by atoms with E-state index in [1.807, 2.05) is 17.6 Å². The van der Waals surface area contributed by atoms with Crippen molar-refractivity contribution in [2.24, 2.45) is 0 Å². The fourth-order valence-electron chi connectivity index (χ4n) is 2.01. The Balaban J connectivity index is 2.08. The minimum atomic E-state index is 0.410. The highest BCUT2D eigenvalue weighted by molar-refractivity contribution is 7.12. The van der Waals surface area contributed by atoms with Gasteiger partial charge < -0.3 is 9.73 Å². The largest absolute Gasteiger partial charge is 0.472 e. The minimum Gasteiger partial charge on any atom is -0.472 e. The SMILES string of the molecule is CCCNC(Cc1ccoc1)c1ccc(CC)s1. The lowest BCUT2D eigenvalue weighted by molar-refractivity contribution is 0.526. The van der Waals surface area contributed by atoms with Crippen LogP contribution in [0.4, 0.5) is 0 Å². The second-order valence-corrected chi connectivity index (χ2v) is 5.70. The third kappa shape index (κ3) is 3.47. The normalized spacial score (nSPS) is 12.8. The van der Waals surface area contributed by atoms with E-state index in [0.717, 1.165) is 25.8 Å². The lowest BCUT2D eigenvalue weighted by atomic mass is 10.1. The second kappa shape index (κ2) is 6.76. The quantitative estimate of drug-likeness (QED) is 0.810. The van der Waals surface area contributed by atoms with Crippen LogP contribution < -0.4 is 5.32 Å². The zero-order valence-electron chi connectivity index (χ0n) is 11.1. The Morgan fingerprint density at radius 3 is 2.78 bits per heavy atom. The Morgan fingerprint density at radius 1 is 1.28 bits per heavy atom. The Labute approximate surface area is 113 Å². The molecular formula is C15H21NOS. The maximum absolute atomic E-state index is 5.16. The molecule has 0 spiro atoms. The van der Waals surface area contributed by atoms with Gasteiger partial charge in [0, 0.05) is 15.8 Å². The molecule has 0 saturated carbocycles. The molecule has 0 fully saturated rings. The van der Waals surface area contributed by atoms with E-state index in [-0.39, 0.29) is 0 Å². The molecule has 0 bridgehead atoms. The summed E-state index contributed by atoms with van der Waals surface area (Å²) in [6.07, 6.45) is 6.87. The van der Waals surface area contributed by atoms with Gasteiger partial charge in [-0.2, -0.15) is 0 Å². The van der Waals surface area contributed by atoms with Crippen molar-refractivity contribution in [3.63, 3.8) is 0 Å². The van der Waals surface area contributed by atoms with Gasteiger partial charge in [0.05, 0.1) is 12.5 Å². The summed E-state index contributed by atoms with van der Waals surface area (Å²) in [6, 6.07) is 6.97. The van der Waals surface area contributed by atoms with Crippen molar-refractivity contribution in [2.45, 2.75) is 39.2 Å². The van der Waals surface area contributed by atoms with E-state index >= 15 is 0 Å². The highest BCUT2D eigenvalue weighted by Crippen LogP contribution is 2.26. The molecule has 0 aliphatic heterocycles. The molecular weight excluding hydrogens is 242 g/mol. The summed E-state index contributed by atoms with van der Waals surface area (Å²) in [5, 5.41) is 3.63. The average molecular weight is 263 g/mol. The molecule has 0 amide bonds. The fraction of sp³-hybridized carbons (Fsp3) is 0.467. The van der Waals surface area contributed by atoms with E-state index in [1.54, 1.807) is 6.26 Å². The van der Waals surface area contributed by atoms with Gasteiger partial charge in [-0.25, -0.2) is 0 Å². The standard InChI is InChI=1S/C15H21NOS/c1-3-8-16-14(10-12-7-9-17-11-12)15-6-5-13(4-2)18-15/h5-7,9,11,14,16H,3-4,8,10H2,1-2H3. The van der Waals surface area contributed by atoms with Crippen LogP contribution in [-0.4, -0.2) is 6.54 Å². The summed E-state index contributed by atoms with van der Waals surface area (Å²) in [5.74, 6) is 0. The first-order valence-corrected chi connectivity index (χ1v) is 7.48. The molecule has 1 atom stereocenters. The van der Waals surface area contributed by atoms with Crippen LogP contribution in [0.1, 0.15) is 41.6 Å². The fourth-order valence-corrected chi connectivity index (χ4v) is 3.04. The molecule has 3 heteroatoms. The van der Waals surface area contributed by atoms with E-state index in [0.29, 0.717) is 6.04 Å². The highest BCUT2D eigenvalue weighted by Gasteiger charge is 2.14. The van der Waals surface area contributed by atoms with Gasteiger partial charge in [0.15, 0.2) is 0 Å². The predicted molar refractivity (Wildman–Crippen MR) is 77.1 cm³/mol. The van der Waals surface area contributed by atoms with Crippen LogP contribution in [0.15, 0.2) is 35.1 Å². The average Bonchev–Trinajstić information content (AvgIpc) is 3.05. The highest BCUT2D eigenvalue weighted by atomic mass is 32.1. The monoisotopic (exact) mass is 263 g/mol. The van der Waals surface area contributed by atoms with Crippen molar-refractivity contribution in [2.75, 3.05) is 6.54 Å². The summed E-state index contributed by atoms with van der Waals surface area (Å²) >= 11 is 1.92. The molecule has 1 unspecified atom stereocenters. The topological polar surface area (TPSA) is 25.2 Å². The van der Waals surface area contributed by atoms with Gasteiger partial charge in [-0.3, -0.25) is 0 Å². The smallest absolute Gasteiger partial charge is 0.0935 e. The third-order valence-corrected chi connectivity index (χ3v) is 4.38. The molecule has 0 aromatic carbocycles. The molecule has 0 aliphatic carbocycles. The van der Waals surface area contributed by atoms with E-state index in [2.05, 4.69) is 37.4 Å². The maximum atomic E-state index is 5.16. The summed E-state index contributed by atoms with van der Waals surface area (Å²) in [4.78, 5) is 2.89. The van der Waals surface area contributed by atoms with Crippen LogP contribution in [0.5, 0.6) is 0 Å². The van der Waals surface area contributed by atoms with Crippen LogP contribution >= 0.6 is 11.3 Å². The van der Waals surface area contributed by atoms with Crippen LogP contribution in [0.3, 0.4) is 0 Å². The van der Waals surface area contributed by atoms with Crippen molar-refractivity contribution < 1.29 is 4.42 Å². The lowest BCUT2D eigenvalue weighted by Crippen LogP contribution is -2.23. The number of aryl methyl sites for hydroxylation is 1. The Kier molecular flexibility index (Phi) is 5.02. The number of furan rings is 1. The number of rotatable bonds is 7. The first-order chi connectivity index (χ1) is 8.83. The molecule has 98 valence electrons. The molecule has 0 aliphatic rings. The van der Waals surface area contributed by atoms with Gasteiger partial charge in [0.1, 0.15) is 0 Å². The van der Waals surface area contributed by atoms with Crippen molar-refractivity contribution in [3.05, 3.63) is 46.0 Å². The van der Waals surface area contributed by atoms with Crippen LogP contribution in [-0.2, 0) is 12.8 Å². The van der Waals surface area contributed by atoms with Crippen LogP contribution in [0.2, 0.25) is 0 Å². The molecule has 1 N–H and O–H groups in total. The van der Waals surface area contributed by atoms with Crippen molar-refractivity contribution >= 4 is 11.3 Å². The lowest BCUT2D eigenvalue weighted by Gasteiger charge is -2.16. The van der Waals surface area contributed by atoms with Crippen molar-refractivity contribution in [3.8, 4) is 0 Å². The number of hydrogen-bond acceptors (Lipinski definition) is 3. The summed E-state index contributed by atoms with van der Waals surface area (Å²) < 4.78 is 5.16. The van der Waals surface area contributed by atoms with Gasteiger partial charge in [-0.15, -0.1) is 11.3 Å². The zero-order chi connectivity index (χ0) is 12.8. The van der Waals surface area contributed by atoms with Crippen molar-refractivity contribution in [1.29, 1.82) is 0 Å². The third-order valence-electron chi connectivity index (χ3n) is 3.04. The molecule has 0 radical (unpaired) electrons. The molecule has 2 heterocycles. The first kappa shape index (κ1) is 13.4. The minimum absolute atomic E-state index is 0.410. The zero-order valence-corrected chi connectivity index (χ0v) is 11.9. The number of thiophene rings is 1.